The summed E-state index contributed by atoms with van der Waals surface area (Å²) < 4.78 is 5.95. The average molecular weight is 599 g/mol. The van der Waals surface area contributed by atoms with E-state index in [0.717, 1.165) is 33.4 Å². The third kappa shape index (κ3) is 4.81. The Bertz CT molecular complexity index is 2640. The number of oxazole rings is 1. The molecule has 0 spiro atoms. The van der Waals surface area contributed by atoms with E-state index >= 15 is 0 Å². The fourth-order valence-electron chi connectivity index (χ4n) is 6.57. The van der Waals surface area contributed by atoms with Gasteiger partial charge in [0.25, 0.3) is 0 Å². The molecule has 0 aliphatic carbocycles. The van der Waals surface area contributed by atoms with Crippen LogP contribution in [0.5, 0.6) is 0 Å². The van der Waals surface area contributed by atoms with Crippen molar-refractivity contribution in [2.45, 2.75) is 0 Å². The number of nitriles is 1. The molecular weight excluding hydrogens is 572 g/mol. The van der Waals surface area contributed by atoms with Crippen molar-refractivity contribution in [1.29, 1.82) is 5.26 Å². The van der Waals surface area contributed by atoms with E-state index in [4.69, 9.17) is 9.68 Å². The van der Waals surface area contributed by atoms with Gasteiger partial charge in [-0.15, -0.1) is 0 Å². The van der Waals surface area contributed by atoms with Crippen molar-refractivity contribution in [3.63, 3.8) is 0 Å². The Kier molecular flexibility index (Phi) is 6.19. The summed E-state index contributed by atoms with van der Waals surface area (Å²) in [4.78, 5) is 4.63. The standard InChI is InChI=1S/C44H26N2O/c45-27-28-5-7-29(8-6-28)33-19-21-40-38(25-33)17-18-39-26-37(20-22-41(39)40)36-16-15-34-23-32(13-14-35(34)24-36)30-9-11-31(12-10-30)44-46-42-3-1-2-4-43(42)47-44/h1-26H. The van der Waals surface area contributed by atoms with E-state index in [1.165, 1.54) is 49.0 Å². The minimum absolute atomic E-state index is 0.638. The van der Waals surface area contributed by atoms with E-state index in [1.807, 2.05) is 48.5 Å². The minimum Gasteiger partial charge on any atom is -0.436 e. The number of benzene rings is 8. The first-order valence-electron chi connectivity index (χ1n) is 15.7. The summed E-state index contributed by atoms with van der Waals surface area (Å²) in [5.41, 5.74) is 10.3. The third-order valence-corrected chi connectivity index (χ3v) is 9.12. The van der Waals surface area contributed by atoms with Crippen LogP contribution in [0.1, 0.15) is 5.56 Å². The highest BCUT2D eigenvalue weighted by atomic mass is 16.3. The van der Waals surface area contributed by atoms with Gasteiger partial charge in [-0.25, -0.2) is 4.98 Å². The fraction of sp³-hybridized carbons (Fsp3) is 0. The molecule has 0 N–H and O–H groups in total. The highest BCUT2D eigenvalue weighted by Gasteiger charge is 2.10. The third-order valence-electron chi connectivity index (χ3n) is 9.12. The molecule has 0 aliphatic heterocycles. The maximum atomic E-state index is 9.13. The predicted octanol–water partition coefficient (Wildman–Crippen LogP) is 11.8. The highest BCUT2D eigenvalue weighted by molar-refractivity contribution is 6.09. The number of rotatable bonds is 4. The highest BCUT2D eigenvalue weighted by Crippen LogP contribution is 2.34. The Morgan fingerprint density at radius 3 is 1.45 bits per heavy atom. The maximum absolute atomic E-state index is 9.13. The molecule has 0 amide bonds. The first-order chi connectivity index (χ1) is 23.2. The van der Waals surface area contributed by atoms with Gasteiger partial charge in [-0.2, -0.15) is 5.26 Å². The SMILES string of the molecule is N#Cc1ccc(-c2ccc3c(ccc4cc(-c5ccc6cc(-c7ccc(-c8nc9ccccc9o8)cc7)ccc6c5)ccc43)c2)cc1. The van der Waals surface area contributed by atoms with Gasteiger partial charge in [0.2, 0.25) is 5.89 Å². The van der Waals surface area contributed by atoms with E-state index in [9.17, 15) is 0 Å². The van der Waals surface area contributed by atoms with Crippen LogP contribution in [0.15, 0.2) is 162 Å². The summed E-state index contributed by atoms with van der Waals surface area (Å²) in [5, 5.41) is 16.4. The number of para-hydroxylation sites is 2. The second-order valence-electron chi connectivity index (χ2n) is 12.0. The zero-order chi connectivity index (χ0) is 31.3. The molecule has 218 valence electrons. The monoisotopic (exact) mass is 598 g/mol. The Labute approximate surface area is 271 Å². The van der Waals surface area contributed by atoms with Gasteiger partial charge in [0.05, 0.1) is 11.6 Å². The number of aromatic nitrogens is 1. The van der Waals surface area contributed by atoms with Gasteiger partial charge >= 0.3 is 0 Å². The van der Waals surface area contributed by atoms with Gasteiger partial charge < -0.3 is 4.42 Å². The van der Waals surface area contributed by atoms with Crippen molar-refractivity contribution >= 4 is 43.4 Å². The van der Waals surface area contributed by atoms with Crippen LogP contribution in [0, 0.1) is 11.3 Å². The molecule has 8 aromatic carbocycles. The molecule has 0 radical (unpaired) electrons. The molecule has 3 heteroatoms. The van der Waals surface area contributed by atoms with Crippen LogP contribution in [0.25, 0.3) is 88.3 Å². The van der Waals surface area contributed by atoms with Crippen LogP contribution in [0.3, 0.4) is 0 Å². The molecule has 47 heavy (non-hydrogen) atoms. The van der Waals surface area contributed by atoms with Crippen LogP contribution in [-0.2, 0) is 0 Å². The van der Waals surface area contributed by atoms with Crippen molar-refractivity contribution < 1.29 is 4.42 Å². The smallest absolute Gasteiger partial charge is 0.227 e. The molecule has 1 heterocycles. The van der Waals surface area contributed by atoms with Crippen LogP contribution in [0.2, 0.25) is 0 Å². The molecular formula is C44H26N2O. The van der Waals surface area contributed by atoms with Crippen molar-refractivity contribution in [2.75, 3.05) is 0 Å². The lowest BCUT2D eigenvalue weighted by Crippen LogP contribution is -1.85. The molecule has 0 unspecified atom stereocenters. The van der Waals surface area contributed by atoms with Crippen LogP contribution >= 0.6 is 0 Å². The lowest BCUT2D eigenvalue weighted by atomic mass is 9.94. The second kappa shape index (κ2) is 10.8. The zero-order valence-corrected chi connectivity index (χ0v) is 25.3. The summed E-state index contributed by atoms with van der Waals surface area (Å²) in [6.07, 6.45) is 0. The van der Waals surface area contributed by atoms with Gasteiger partial charge in [-0.3, -0.25) is 0 Å². The Hall–Kier alpha value is -6.50. The molecule has 0 saturated carbocycles. The Morgan fingerprint density at radius 2 is 0.872 bits per heavy atom. The number of nitrogens with zero attached hydrogens (tertiary/aromatic N) is 2. The molecule has 0 atom stereocenters. The van der Waals surface area contributed by atoms with Gasteiger partial charge in [-0.05, 0) is 126 Å². The van der Waals surface area contributed by atoms with E-state index in [1.54, 1.807) is 0 Å². The number of hydrogen-bond acceptors (Lipinski definition) is 3. The summed E-state index contributed by atoms with van der Waals surface area (Å²) in [6.45, 7) is 0. The molecule has 0 saturated heterocycles. The molecule has 9 rings (SSSR count). The van der Waals surface area contributed by atoms with Crippen LogP contribution in [0.4, 0.5) is 0 Å². The van der Waals surface area contributed by atoms with Gasteiger partial charge in [0.1, 0.15) is 5.52 Å². The van der Waals surface area contributed by atoms with Crippen molar-refractivity contribution in [3.8, 4) is 50.9 Å². The van der Waals surface area contributed by atoms with Gasteiger partial charge in [-0.1, -0.05) is 97.1 Å². The van der Waals surface area contributed by atoms with Crippen molar-refractivity contribution in [1.82, 2.24) is 4.98 Å². The molecule has 0 bridgehead atoms. The fourth-order valence-corrected chi connectivity index (χ4v) is 6.57. The second-order valence-corrected chi connectivity index (χ2v) is 12.0. The number of hydrogen-bond donors (Lipinski definition) is 0. The Balaban J connectivity index is 0.992. The normalized spacial score (nSPS) is 11.4. The van der Waals surface area contributed by atoms with Crippen LogP contribution < -0.4 is 0 Å². The lowest BCUT2D eigenvalue weighted by molar-refractivity contribution is 0.620. The topological polar surface area (TPSA) is 49.8 Å². The molecule has 1 aromatic heterocycles. The molecule has 0 fully saturated rings. The predicted molar refractivity (Wildman–Crippen MR) is 193 cm³/mol. The summed E-state index contributed by atoms with van der Waals surface area (Å²) in [7, 11) is 0. The zero-order valence-electron chi connectivity index (χ0n) is 25.3. The first-order valence-corrected chi connectivity index (χ1v) is 15.7. The van der Waals surface area contributed by atoms with E-state index < -0.39 is 0 Å². The minimum atomic E-state index is 0.638. The van der Waals surface area contributed by atoms with Crippen LogP contribution in [-0.4, -0.2) is 4.98 Å². The van der Waals surface area contributed by atoms with E-state index in [-0.39, 0.29) is 0 Å². The number of fused-ring (bicyclic) bond motifs is 5. The lowest BCUT2D eigenvalue weighted by Gasteiger charge is -2.10. The summed E-state index contributed by atoms with van der Waals surface area (Å²) in [5.74, 6) is 0.638. The van der Waals surface area contributed by atoms with Crippen molar-refractivity contribution in [3.05, 3.63) is 163 Å². The molecule has 3 nitrogen and oxygen atoms in total. The maximum Gasteiger partial charge on any atom is 0.227 e. The van der Waals surface area contributed by atoms with Crippen molar-refractivity contribution in [2.24, 2.45) is 0 Å². The van der Waals surface area contributed by atoms with Gasteiger partial charge in [0, 0.05) is 5.56 Å². The average Bonchev–Trinajstić information content (AvgIpc) is 3.58. The molecule has 9 aromatic rings. The van der Waals surface area contributed by atoms with E-state index in [2.05, 4.69) is 120 Å². The quantitative estimate of drug-likeness (QED) is 0.189. The summed E-state index contributed by atoms with van der Waals surface area (Å²) >= 11 is 0. The van der Waals surface area contributed by atoms with E-state index in [0.29, 0.717) is 11.5 Å². The summed E-state index contributed by atoms with van der Waals surface area (Å²) in [6, 6.07) is 57.4. The first kappa shape index (κ1) is 26.9. The van der Waals surface area contributed by atoms with Gasteiger partial charge in [0.15, 0.2) is 5.58 Å². The largest absolute Gasteiger partial charge is 0.436 e. The molecule has 0 aliphatic rings. The Morgan fingerprint density at radius 1 is 0.426 bits per heavy atom.